The Labute approximate surface area is 132 Å². The van der Waals surface area contributed by atoms with Gasteiger partial charge in [-0.05, 0) is 45.9 Å². The van der Waals surface area contributed by atoms with Crippen LogP contribution in [-0.2, 0) is 4.79 Å². The lowest BCUT2D eigenvalue weighted by molar-refractivity contribution is -0.122. The number of phenols is 1. The summed E-state index contributed by atoms with van der Waals surface area (Å²) in [7, 11) is 0. The molecule has 1 fully saturated rings. The Bertz CT molecular complexity index is 681. The van der Waals surface area contributed by atoms with Crippen LogP contribution in [0.4, 0.5) is 4.79 Å². The lowest BCUT2D eigenvalue weighted by Gasteiger charge is -2.07. The molecule has 0 unspecified atom stereocenters. The summed E-state index contributed by atoms with van der Waals surface area (Å²) < 4.78 is 0.402. The molecular weight excluding hydrogens is 366 g/mol. The van der Waals surface area contributed by atoms with Crippen molar-refractivity contribution in [3.8, 4) is 18.1 Å². The number of phenolic OH excluding ortho intramolecular Hbond substituents is 1. The minimum atomic E-state index is -0.478. The van der Waals surface area contributed by atoms with Crippen LogP contribution in [0.25, 0.3) is 6.08 Å². The summed E-state index contributed by atoms with van der Waals surface area (Å²) in [4.78, 5) is 24.8. The predicted molar refractivity (Wildman–Crippen MR) is 82.3 cm³/mol. The summed E-state index contributed by atoms with van der Waals surface area (Å²) in [6, 6.07) is 3.02. The monoisotopic (exact) mass is 371 g/mol. The Hall–Kier alpha value is -1.42. The second-order valence-corrected chi connectivity index (χ2v) is 6.08. The van der Waals surface area contributed by atoms with Crippen LogP contribution in [-0.4, -0.2) is 27.7 Å². The molecule has 7 heteroatoms. The lowest BCUT2D eigenvalue weighted by Crippen LogP contribution is -2.28. The zero-order chi connectivity index (χ0) is 14.9. The highest BCUT2D eigenvalue weighted by molar-refractivity contribution is 9.10. The molecule has 0 spiro atoms. The van der Waals surface area contributed by atoms with Gasteiger partial charge in [0.25, 0.3) is 11.1 Å². The zero-order valence-electron chi connectivity index (χ0n) is 9.89. The van der Waals surface area contributed by atoms with E-state index in [1.165, 1.54) is 18.2 Å². The molecule has 1 aliphatic heterocycles. The topological polar surface area (TPSA) is 57.6 Å². The van der Waals surface area contributed by atoms with Gasteiger partial charge in [0.1, 0.15) is 5.75 Å². The minimum absolute atomic E-state index is 0.0573. The minimum Gasteiger partial charge on any atom is -0.506 e. The van der Waals surface area contributed by atoms with Gasteiger partial charge in [-0.3, -0.25) is 14.5 Å². The maximum absolute atomic E-state index is 12.0. The first-order chi connectivity index (χ1) is 9.43. The van der Waals surface area contributed by atoms with E-state index in [0.717, 1.165) is 16.7 Å². The number of hydrogen-bond donors (Lipinski definition) is 1. The van der Waals surface area contributed by atoms with Crippen molar-refractivity contribution in [3.05, 3.63) is 32.1 Å². The van der Waals surface area contributed by atoms with Crippen LogP contribution in [0.2, 0.25) is 5.02 Å². The average molecular weight is 373 g/mol. The molecule has 1 aromatic rings. The van der Waals surface area contributed by atoms with Crippen molar-refractivity contribution in [1.82, 2.24) is 4.90 Å². The number of carbonyl (C=O) groups is 2. The molecule has 1 aromatic carbocycles. The summed E-state index contributed by atoms with van der Waals surface area (Å²) in [6.07, 6.45) is 6.52. The van der Waals surface area contributed by atoms with E-state index in [1.807, 2.05) is 0 Å². The van der Waals surface area contributed by atoms with Gasteiger partial charge in [-0.2, -0.15) is 0 Å². The maximum atomic E-state index is 12.0. The molecule has 20 heavy (non-hydrogen) atoms. The summed E-state index contributed by atoms with van der Waals surface area (Å²) in [6.45, 7) is -0.0762. The number of benzene rings is 1. The first-order valence-electron chi connectivity index (χ1n) is 5.31. The van der Waals surface area contributed by atoms with Gasteiger partial charge in [0.15, 0.2) is 0 Å². The van der Waals surface area contributed by atoms with Crippen molar-refractivity contribution in [3.63, 3.8) is 0 Å². The molecule has 1 saturated heterocycles. The van der Waals surface area contributed by atoms with Crippen molar-refractivity contribution in [2.45, 2.75) is 0 Å². The van der Waals surface area contributed by atoms with Crippen molar-refractivity contribution in [1.29, 1.82) is 0 Å². The van der Waals surface area contributed by atoms with E-state index in [-0.39, 0.29) is 17.2 Å². The highest BCUT2D eigenvalue weighted by Gasteiger charge is 2.34. The molecule has 1 aliphatic rings. The Kier molecular flexibility index (Phi) is 4.43. The van der Waals surface area contributed by atoms with Crippen LogP contribution in [0, 0.1) is 12.3 Å². The number of rotatable bonds is 2. The molecule has 1 heterocycles. The molecule has 0 aromatic heterocycles. The quantitative estimate of drug-likeness (QED) is 0.638. The van der Waals surface area contributed by atoms with E-state index >= 15 is 0 Å². The van der Waals surface area contributed by atoms with Crippen LogP contribution >= 0.6 is 39.3 Å². The largest absolute Gasteiger partial charge is 0.506 e. The van der Waals surface area contributed by atoms with Gasteiger partial charge >= 0.3 is 0 Å². The number of carbonyl (C=O) groups excluding carboxylic acids is 2. The molecule has 0 aliphatic carbocycles. The third kappa shape index (κ3) is 2.85. The first kappa shape index (κ1) is 15.0. The van der Waals surface area contributed by atoms with Gasteiger partial charge in [-0.15, -0.1) is 6.42 Å². The first-order valence-corrected chi connectivity index (χ1v) is 7.29. The Morgan fingerprint density at radius 1 is 1.50 bits per heavy atom. The zero-order valence-corrected chi connectivity index (χ0v) is 13.1. The molecule has 4 nitrogen and oxygen atoms in total. The van der Waals surface area contributed by atoms with Gasteiger partial charge in [0.2, 0.25) is 0 Å². The molecular formula is C13H7BrClNO3S. The normalized spacial score (nSPS) is 16.9. The Balaban J connectivity index is 2.41. The van der Waals surface area contributed by atoms with E-state index in [1.54, 1.807) is 0 Å². The van der Waals surface area contributed by atoms with E-state index in [4.69, 9.17) is 18.0 Å². The smallest absolute Gasteiger partial charge is 0.294 e. The Morgan fingerprint density at radius 2 is 2.20 bits per heavy atom. The lowest BCUT2D eigenvalue weighted by atomic mass is 10.2. The highest BCUT2D eigenvalue weighted by atomic mass is 79.9. The van der Waals surface area contributed by atoms with Crippen LogP contribution in [0.15, 0.2) is 21.5 Å². The number of hydrogen-bond acceptors (Lipinski definition) is 4. The number of thioether (sulfide) groups is 1. The van der Waals surface area contributed by atoms with E-state index in [0.29, 0.717) is 15.1 Å². The average Bonchev–Trinajstić information content (AvgIpc) is 2.63. The predicted octanol–water partition coefficient (Wildman–Crippen LogP) is 3.48. The fourth-order valence-electron chi connectivity index (χ4n) is 1.56. The maximum Gasteiger partial charge on any atom is 0.294 e. The third-order valence-corrected chi connectivity index (χ3v) is 4.20. The standard InChI is InChI=1S/C13H7BrClNO3S/c1-2-3-16-12(18)10(20-13(16)19)5-7-4-8(15)6-9(14)11(7)17/h1,4-6,17H,3H2/b10-5+. The van der Waals surface area contributed by atoms with Crippen LogP contribution in [0.1, 0.15) is 5.56 Å². The molecule has 0 atom stereocenters. The van der Waals surface area contributed by atoms with Crippen molar-refractivity contribution in [2.24, 2.45) is 0 Å². The van der Waals surface area contributed by atoms with Crippen molar-refractivity contribution in [2.75, 3.05) is 6.54 Å². The fourth-order valence-corrected chi connectivity index (χ4v) is 3.23. The SMILES string of the molecule is C#CCN1C(=O)S/C(=C/c2cc(Cl)cc(Br)c2O)C1=O. The second kappa shape index (κ2) is 5.92. The third-order valence-electron chi connectivity index (χ3n) is 2.47. The summed E-state index contributed by atoms with van der Waals surface area (Å²) in [5, 5.41) is 9.86. The molecule has 102 valence electrons. The summed E-state index contributed by atoms with van der Waals surface area (Å²) in [5.74, 6) is 1.71. The van der Waals surface area contributed by atoms with E-state index in [9.17, 15) is 14.7 Å². The van der Waals surface area contributed by atoms with Gasteiger partial charge in [0, 0.05) is 10.6 Å². The number of imide groups is 1. The second-order valence-electron chi connectivity index (χ2n) is 3.80. The van der Waals surface area contributed by atoms with Gasteiger partial charge in [-0.25, -0.2) is 0 Å². The van der Waals surface area contributed by atoms with Gasteiger partial charge in [-0.1, -0.05) is 17.5 Å². The van der Waals surface area contributed by atoms with Crippen LogP contribution in [0.5, 0.6) is 5.75 Å². The number of terminal acetylenes is 1. The van der Waals surface area contributed by atoms with E-state index in [2.05, 4.69) is 21.9 Å². The molecule has 2 amide bonds. The molecule has 2 rings (SSSR count). The molecule has 0 radical (unpaired) electrons. The van der Waals surface area contributed by atoms with E-state index < -0.39 is 11.1 Å². The fraction of sp³-hybridized carbons (Fsp3) is 0.0769. The molecule has 0 saturated carbocycles. The number of nitrogens with zero attached hydrogens (tertiary/aromatic N) is 1. The number of aromatic hydroxyl groups is 1. The van der Waals surface area contributed by atoms with Gasteiger partial charge < -0.3 is 5.11 Å². The van der Waals surface area contributed by atoms with Gasteiger partial charge in [0.05, 0.1) is 15.9 Å². The van der Waals surface area contributed by atoms with Crippen molar-refractivity contribution >= 4 is 56.5 Å². The number of halogens is 2. The van der Waals surface area contributed by atoms with Crippen molar-refractivity contribution < 1.29 is 14.7 Å². The van der Waals surface area contributed by atoms with Crippen LogP contribution < -0.4 is 0 Å². The summed E-state index contributed by atoms with van der Waals surface area (Å²) >= 11 is 9.81. The highest BCUT2D eigenvalue weighted by Crippen LogP contribution is 2.37. The molecule has 0 bridgehead atoms. The number of amides is 2. The molecule has 1 N–H and O–H groups in total. The summed E-state index contributed by atoms with van der Waals surface area (Å²) in [5.41, 5.74) is 0.343. The van der Waals surface area contributed by atoms with Crippen LogP contribution in [0.3, 0.4) is 0 Å². The Morgan fingerprint density at radius 3 is 2.85 bits per heavy atom.